The van der Waals surface area contributed by atoms with Crippen LogP contribution in [0.5, 0.6) is 0 Å². The van der Waals surface area contributed by atoms with Crippen molar-refractivity contribution < 1.29 is 47.2 Å². The average Bonchev–Trinajstić information content (AvgIpc) is 3.67. The Morgan fingerprint density at radius 1 is 0.558 bits per heavy atom. The Balaban J connectivity index is 0.000000244. The third-order valence-electron chi connectivity index (χ3n) is 7.95. The summed E-state index contributed by atoms with van der Waals surface area (Å²) in [6.45, 7) is 12.9. The second-order valence-electron chi connectivity index (χ2n) is 13.2. The van der Waals surface area contributed by atoms with E-state index in [0.717, 1.165) is 56.0 Å². The SMILES string of the molecule is CC(C)Cc1cc2c(-c3ccccc3C(F)(F)F)cccc2[cH-]1.CC(C)Cc1cc2c(-c3ccccc3C(F)(F)F)cccc2[cH-]1.C[Si]C.[Cl][Zr+2][Cl]. The molecule has 0 fully saturated rings. The molecule has 0 bridgehead atoms. The van der Waals surface area contributed by atoms with E-state index in [2.05, 4.69) is 52.9 Å². The fourth-order valence-corrected chi connectivity index (χ4v) is 6.17. The van der Waals surface area contributed by atoms with Crippen LogP contribution in [0.4, 0.5) is 26.3 Å². The van der Waals surface area contributed by atoms with Gasteiger partial charge in [-0.15, -0.1) is 69.1 Å². The van der Waals surface area contributed by atoms with Crippen LogP contribution in [0.25, 0.3) is 43.8 Å². The molecule has 0 aromatic heterocycles. The molecule has 274 valence electrons. The van der Waals surface area contributed by atoms with Crippen LogP contribution in [0, 0.1) is 11.8 Å². The number of benzene rings is 4. The molecule has 10 heteroatoms. The normalized spacial score (nSPS) is 11.4. The van der Waals surface area contributed by atoms with Crippen LogP contribution in [-0.2, 0) is 46.0 Å². The zero-order chi connectivity index (χ0) is 38.6. The number of rotatable bonds is 6. The van der Waals surface area contributed by atoms with Crippen molar-refractivity contribution in [2.45, 2.75) is 66.0 Å². The van der Waals surface area contributed by atoms with Crippen molar-refractivity contribution in [3.63, 3.8) is 0 Å². The van der Waals surface area contributed by atoms with E-state index in [4.69, 9.17) is 17.0 Å². The van der Waals surface area contributed by atoms with Gasteiger partial charge in [-0.25, -0.2) is 0 Å². The molecule has 0 aliphatic carbocycles. The quantitative estimate of drug-likeness (QED) is 0.0890. The molecule has 0 aliphatic rings. The average molecular weight is 851 g/mol. The Labute approximate surface area is 324 Å². The van der Waals surface area contributed by atoms with Gasteiger partial charge in [0.2, 0.25) is 0 Å². The second kappa shape index (κ2) is 20.2. The molecule has 0 unspecified atom stereocenters. The Morgan fingerprint density at radius 3 is 1.17 bits per heavy atom. The Kier molecular flexibility index (Phi) is 17.0. The number of alkyl halides is 6. The Hall–Kier alpha value is -2.64. The van der Waals surface area contributed by atoms with Crippen molar-refractivity contribution >= 4 is 48.1 Å². The van der Waals surface area contributed by atoms with Gasteiger partial charge in [0, 0.05) is 9.52 Å². The van der Waals surface area contributed by atoms with E-state index >= 15 is 0 Å². The van der Waals surface area contributed by atoms with Crippen LogP contribution >= 0.6 is 17.0 Å². The number of fused-ring (bicyclic) bond motifs is 2. The van der Waals surface area contributed by atoms with Gasteiger partial charge in [0.05, 0.1) is 11.1 Å². The molecule has 6 aromatic rings. The Bertz CT molecular complexity index is 1850. The Morgan fingerprint density at radius 2 is 0.865 bits per heavy atom. The molecule has 6 rings (SSSR count). The fourth-order valence-electron chi connectivity index (χ4n) is 6.17. The first kappa shape index (κ1) is 43.8. The van der Waals surface area contributed by atoms with Gasteiger partial charge < -0.3 is 0 Å². The zero-order valence-corrected chi connectivity index (χ0v) is 35.0. The van der Waals surface area contributed by atoms with Gasteiger partial charge in [-0.3, -0.25) is 0 Å². The van der Waals surface area contributed by atoms with Crippen LogP contribution < -0.4 is 0 Å². The van der Waals surface area contributed by atoms with Gasteiger partial charge in [-0.05, 0) is 47.9 Å². The fraction of sp³-hybridized carbons (Fsp3) is 0.286. The van der Waals surface area contributed by atoms with E-state index in [-0.39, 0.29) is 11.1 Å². The molecule has 0 atom stereocenters. The summed E-state index contributed by atoms with van der Waals surface area (Å²) in [4.78, 5) is 0. The van der Waals surface area contributed by atoms with Crippen LogP contribution in [0.2, 0.25) is 13.1 Å². The number of halogens is 8. The minimum atomic E-state index is -4.36. The van der Waals surface area contributed by atoms with E-state index < -0.39 is 44.3 Å². The summed E-state index contributed by atoms with van der Waals surface area (Å²) < 4.78 is 79.9. The van der Waals surface area contributed by atoms with Gasteiger partial charge in [-0.1, -0.05) is 100 Å². The van der Waals surface area contributed by atoms with E-state index in [0.29, 0.717) is 23.0 Å². The molecule has 0 saturated carbocycles. The molecule has 2 radical (unpaired) electrons. The third-order valence-corrected chi connectivity index (χ3v) is 7.95. The van der Waals surface area contributed by atoms with Gasteiger partial charge in [0.1, 0.15) is 0 Å². The minimum absolute atomic E-state index is 0.243. The predicted octanol–water partition coefficient (Wildman–Crippen LogP) is 15.0. The van der Waals surface area contributed by atoms with Crippen LogP contribution in [0.1, 0.15) is 49.9 Å². The standard InChI is InChI=1S/2C20H18F3.C2H6Si.2ClH.Zr/c2*1-13(2)10-14-11-15-6-5-8-16(18(15)12-14)17-7-3-4-9-19(17)20(21,22)23;1-3-2;;;/h2*3-9,11-13H,10H2,1-2H3;1-2H3;2*1H;/q2*-1;;;;+4/p-2. The summed E-state index contributed by atoms with van der Waals surface area (Å²) in [6.07, 6.45) is -6.86. The molecule has 52 heavy (non-hydrogen) atoms. The topological polar surface area (TPSA) is 0 Å². The molecule has 0 spiro atoms. The van der Waals surface area contributed by atoms with Crippen molar-refractivity contribution in [2.75, 3.05) is 0 Å². The zero-order valence-electron chi connectivity index (χ0n) is 30.0. The number of hydrogen-bond donors (Lipinski definition) is 0. The molecular formula is C42H42Cl2F6SiZr. The van der Waals surface area contributed by atoms with Gasteiger partial charge in [-0.2, -0.15) is 38.5 Å². The van der Waals surface area contributed by atoms with E-state index in [1.165, 1.54) is 23.3 Å². The first-order chi connectivity index (χ1) is 24.5. The first-order valence-electron chi connectivity index (χ1n) is 16.8. The van der Waals surface area contributed by atoms with Gasteiger partial charge in [0.25, 0.3) is 0 Å². The maximum atomic E-state index is 13.3. The summed E-state index contributed by atoms with van der Waals surface area (Å²) >= 11 is -0.826. The van der Waals surface area contributed by atoms with E-state index in [1.807, 2.05) is 36.4 Å². The van der Waals surface area contributed by atoms with Gasteiger partial charge >= 0.3 is 50.2 Å². The maximum absolute atomic E-state index is 13.3. The molecule has 0 N–H and O–H groups in total. The van der Waals surface area contributed by atoms with Crippen molar-refractivity contribution in [1.29, 1.82) is 0 Å². The molecular weight excluding hydrogens is 809 g/mol. The molecule has 0 aliphatic heterocycles. The van der Waals surface area contributed by atoms with Crippen molar-refractivity contribution in [3.05, 3.63) is 131 Å². The predicted molar refractivity (Wildman–Crippen MR) is 206 cm³/mol. The summed E-state index contributed by atoms with van der Waals surface area (Å²) in [5.41, 5.74) is 2.95. The first-order valence-corrected chi connectivity index (χ1v) is 25.1. The summed E-state index contributed by atoms with van der Waals surface area (Å²) in [5, 5.41) is 3.77. The summed E-state index contributed by atoms with van der Waals surface area (Å²) in [7, 11) is 11.0. The number of hydrogen-bond acceptors (Lipinski definition) is 0. The molecule has 0 saturated heterocycles. The monoisotopic (exact) mass is 848 g/mol. The van der Waals surface area contributed by atoms with E-state index in [9.17, 15) is 26.3 Å². The van der Waals surface area contributed by atoms with Crippen molar-refractivity contribution in [3.8, 4) is 22.3 Å². The van der Waals surface area contributed by atoms with Gasteiger partial charge in [0.15, 0.2) is 0 Å². The van der Waals surface area contributed by atoms with Crippen molar-refractivity contribution in [2.24, 2.45) is 11.8 Å². The molecule has 0 amide bonds. The van der Waals surface area contributed by atoms with Crippen LogP contribution in [0.15, 0.2) is 109 Å². The second-order valence-corrected chi connectivity index (χ2v) is 17.9. The molecule has 0 nitrogen and oxygen atoms in total. The van der Waals surface area contributed by atoms with Crippen LogP contribution in [0.3, 0.4) is 0 Å². The van der Waals surface area contributed by atoms with Crippen LogP contribution in [-0.4, -0.2) is 9.52 Å². The molecule has 6 aromatic carbocycles. The van der Waals surface area contributed by atoms with E-state index in [1.54, 1.807) is 36.4 Å². The summed E-state index contributed by atoms with van der Waals surface area (Å²) in [6, 6.07) is 30.9. The molecule has 0 heterocycles. The van der Waals surface area contributed by atoms with Crippen molar-refractivity contribution in [1.82, 2.24) is 0 Å². The summed E-state index contributed by atoms with van der Waals surface area (Å²) in [5.74, 6) is 1.02. The third kappa shape index (κ3) is 12.2.